The Labute approximate surface area is 160 Å². The van der Waals surface area contributed by atoms with Crippen molar-refractivity contribution in [2.24, 2.45) is 0 Å². The van der Waals surface area contributed by atoms with E-state index >= 15 is 0 Å². The van der Waals surface area contributed by atoms with Gasteiger partial charge in [-0.2, -0.15) is 0 Å². The van der Waals surface area contributed by atoms with Crippen LogP contribution in [0.4, 0.5) is 4.79 Å². The number of carbonyl (C=O) groups excluding carboxylic acids is 3. The average Bonchev–Trinajstić information content (AvgIpc) is 2.59. The number of Topliss-reactive ketones (excluding diaryl/α,β-unsaturated/α-hetero) is 1. The summed E-state index contributed by atoms with van der Waals surface area (Å²) in [6, 6.07) is 7.30. The maximum atomic E-state index is 12.1. The second-order valence-electron chi connectivity index (χ2n) is 7.95. The molecule has 0 bridgehead atoms. The van der Waals surface area contributed by atoms with Gasteiger partial charge in [-0.3, -0.25) is 9.59 Å². The van der Waals surface area contributed by atoms with Crippen molar-refractivity contribution in [3.05, 3.63) is 35.4 Å². The molecule has 1 aromatic carbocycles. The number of nitrogens with zero attached hydrogens (tertiary/aromatic N) is 1. The van der Waals surface area contributed by atoms with E-state index in [2.05, 4.69) is 0 Å². The van der Waals surface area contributed by atoms with Gasteiger partial charge in [0.05, 0.1) is 6.42 Å². The summed E-state index contributed by atoms with van der Waals surface area (Å²) in [6.07, 6.45) is 0.812. The van der Waals surface area contributed by atoms with Gasteiger partial charge >= 0.3 is 12.1 Å². The zero-order chi connectivity index (χ0) is 20.0. The normalized spacial score (nSPS) is 15.3. The number of benzene rings is 1. The number of hydrogen-bond acceptors (Lipinski definition) is 5. The Morgan fingerprint density at radius 3 is 2.19 bits per heavy atom. The van der Waals surface area contributed by atoms with Gasteiger partial charge in [0.1, 0.15) is 11.7 Å². The fourth-order valence-electron chi connectivity index (χ4n) is 2.83. The van der Waals surface area contributed by atoms with Crippen LogP contribution in [-0.2, 0) is 14.3 Å². The summed E-state index contributed by atoms with van der Waals surface area (Å²) in [5, 5.41) is 0. The molecule has 0 atom stereocenters. The highest BCUT2D eigenvalue weighted by molar-refractivity contribution is 5.97. The standard InChI is InChI=1S/C21H29NO5/c1-15-5-7-16(8-6-15)18(23)9-10-19(24)26-17-11-13-22(14-12-17)20(25)27-21(2,3)4/h5-8,17H,9-14H2,1-4H3. The molecule has 1 aliphatic rings. The molecule has 27 heavy (non-hydrogen) atoms. The van der Waals surface area contributed by atoms with Crippen LogP contribution in [0.5, 0.6) is 0 Å². The smallest absolute Gasteiger partial charge is 0.410 e. The van der Waals surface area contributed by atoms with E-state index in [1.165, 1.54) is 0 Å². The number of rotatable bonds is 5. The molecule has 0 spiro atoms. The maximum Gasteiger partial charge on any atom is 0.410 e. The van der Waals surface area contributed by atoms with Crippen molar-refractivity contribution in [3.8, 4) is 0 Å². The van der Waals surface area contributed by atoms with Crippen LogP contribution in [-0.4, -0.2) is 47.5 Å². The summed E-state index contributed by atoms with van der Waals surface area (Å²) in [4.78, 5) is 37.8. The average molecular weight is 375 g/mol. The third-order valence-electron chi connectivity index (χ3n) is 4.32. The van der Waals surface area contributed by atoms with E-state index in [0.29, 0.717) is 31.5 Å². The van der Waals surface area contributed by atoms with E-state index < -0.39 is 5.60 Å². The Bertz CT molecular complexity index is 667. The first-order chi connectivity index (χ1) is 12.6. The van der Waals surface area contributed by atoms with E-state index in [4.69, 9.17) is 9.47 Å². The lowest BCUT2D eigenvalue weighted by Crippen LogP contribution is -2.43. The number of ether oxygens (including phenoxy) is 2. The van der Waals surface area contributed by atoms with Crippen LogP contribution in [0.2, 0.25) is 0 Å². The molecule has 1 saturated heterocycles. The number of hydrogen-bond donors (Lipinski definition) is 0. The van der Waals surface area contributed by atoms with Gasteiger partial charge in [0.2, 0.25) is 0 Å². The van der Waals surface area contributed by atoms with Crippen LogP contribution < -0.4 is 0 Å². The molecule has 148 valence electrons. The molecular formula is C21H29NO5. The van der Waals surface area contributed by atoms with Gasteiger partial charge in [0, 0.05) is 37.9 Å². The Morgan fingerprint density at radius 1 is 1.04 bits per heavy atom. The predicted octanol–water partition coefficient (Wildman–Crippen LogP) is 3.90. The first-order valence-corrected chi connectivity index (χ1v) is 9.41. The van der Waals surface area contributed by atoms with Crippen molar-refractivity contribution in [2.45, 2.75) is 65.1 Å². The molecule has 0 radical (unpaired) electrons. The molecule has 0 aromatic heterocycles. The van der Waals surface area contributed by atoms with Gasteiger partial charge in [-0.1, -0.05) is 29.8 Å². The van der Waals surface area contributed by atoms with E-state index in [0.717, 1.165) is 5.56 Å². The van der Waals surface area contributed by atoms with Gasteiger partial charge < -0.3 is 14.4 Å². The number of amides is 1. The minimum Gasteiger partial charge on any atom is -0.462 e. The molecule has 2 rings (SSSR count). The molecule has 6 nitrogen and oxygen atoms in total. The second-order valence-corrected chi connectivity index (χ2v) is 7.95. The van der Waals surface area contributed by atoms with E-state index in [1.807, 2.05) is 39.8 Å². The van der Waals surface area contributed by atoms with Crippen molar-refractivity contribution in [2.75, 3.05) is 13.1 Å². The summed E-state index contributed by atoms with van der Waals surface area (Å²) in [7, 11) is 0. The highest BCUT2D eigenvalue weighted by Gasteiger charge is 2.28. The molecule has 1 aromatic rings. The quantitative estimate of drug-likeness (QED) is 0.576. The van der Waals surface area contributed by atoms with Gasteiger partial charge in [0.15, 0.2) is 5.78 Å². The third kappa shape index (κ3) is 7.04. The van der Waals surface area contributed by atoms with Crippen LogP contribution in [0.1, 0.15) is 62.4 Å². The van der Waals surface area contributed by atoms with Gasteiger partial charge in [0.25, 0.3) is 0 Å². The fourth-order valence-corrected chi connectivity index (χ4v) is 2.83. The van der Waals surface area contributed by atoms with Crippen LogP contribution >= 0.6 is 0 Å². The fraction of sp³-hybridized carbons (Fsp3) is 0.571. The highest BCUT2D eigenvalue weighted by Crippen LogP contribution is 2.18. The SMILES string of the molecule is Cc1ccc(C(=O)CCC(=O)OC2CCN(C(=O)OC(C)(C)C)CC2)cc1. The summed E-state index contributed by atoms with van der Waals surface area (Å²) in [6.45, 7) is 8.44. The van der Waals surface area contributed by atoms with Crippen LogP contribution in [0, 0.1) is 6.92 Å². The lowest BCUT2D eigenvalue weighted by molar-refractivity contribution is -0.151. The molecule has 0 unspecified atom stereocenters. The van der Waals surface area contributed by atoms with E-state index in [-0.39, 0.29) is 36.8 Å². The maximum absolute atomic E-state index is 12.1. The topological polar surface area (TPSA) is 72.9 Å². The summed E-state index contributed by atoms with van der Waals surface area (Å²) >= 11 is 0. The first kappa shape index (κ1) is 20.9. The summed E-state index contributed by atoms with van der Waals surface area (Å²) < 4.78 is 10.8. The molecule has 1 aliphatic heterocycles. The number of ketones is 1. The second kappa shape index (κ2) is 9.02. The van der Waals surface area contributed by atoms with Crippen molar-refractivity contribution < 1.29 is 23.9 Å². The molecule has 1 heterocycles. The predicted molar refractivity (Wildman–Crippen MR) is 102 cm³/mol. The molecule has 0 N–H and O–H groups in total. The Morgan fingerprint density at radius 2 is 1.63 bits per heavy atom. The molecule has 1 amide bonds. The van der Waals surface area contributed by atoms with Gasteiger partial charge in [-0.15, -0.1) is 0 Å². The van der Waals surface area contributed by atoms with Crippen LogP contribution in [0.3, 0.4) is 0 Å². The molecule has 1 fully saturated rings. The van der Waals surface area contributed by atoms with Crippen LogP contribution in [0.25, 0.3) is 0 Å². The van der Waals surface area contributed by atoms with E-state index in [9.17, 15) is 14.4 Å². The number of carbonyl (C=O) groups is 3. The lowest BCUT2D eigenvalue weighted by Gasteiger charge is -2.33. The Kier molecular flexibility index (Phi) is 6.99. The van der Waals surface area contributed by atoms with Crippen molar-refractivity contribution in [1.29, 1.82) is 0 Å². The van der Waals surface area contributed by atoms with Gasteiger partial charge in [-0.25, -0.2) is 4.79 Å². The number of likely N-dealkylation sites (tertiary alicyclic amines) is 1. The van der Waals surface area contributed by atoms with Crippen LogP contribution in [0.15, 0.2) is 24.3 Å². The van der Waals surface area contributed by atoms with Gasteiger partial charge in [-0.05, 0) is 27.7 Å². The minimum absolute atomic E-state index is 0.0632. The zero-order valence-electron chi connectivity index (χ0n) is 16.6. The van der Waals surface area contributed by atoms with Crippen molar-refractivity contribution >= 4 is 17.8 Å². The lowest BCUT2D eigenvalue weighted by atomic mass is 10.0. The monoisotopic (exact) mass is 375 g/mol. The molecule has 6 heteroatoms. The minimum atomic E-state index is -0.523. The number of esters is 1. The number of aryl methyl sites for hydroxylation is 1. The zero-order valence-corrected chi connectivity index (χ0v) is 16.6. The molecular weight excluding hydrogens is 346 g/mol. The highest BCUT2D eigenvalue weighted by atomic mass is 16.6. The number of piperidine rings is 1. The molecule has 0 aliphatic carbocycles. The largest absolute Gasteiger partial charge is 0.462 e. The summed E-state index contributed by atoms with van der Waals surface area (Å²) in [5.41, 5.74) is 1.17. The summed E-state index contributed by atoms with van der Waals surface area (Å²) in [5.74, 6) is -0.433. The molecule has 0 saturated carbocycles. The van der Waals surface area contributed by atoms with Crippen molar-refractivity contribution in [3.63, 3.8) is 0 Å². The first-order valence-electron chi connectivity index (χ1n) is 9.41. The Hall–Kier alpha value is -2.37. The van der Waals surface area contributed by atoms with Crippen molar-refractivity contribution in [1.82, 2.24) is 4.90 Å². The van der Waals surface area contributed by atoms with E-state index in [1.54, 1.807) is 17.0 Å². The third-order valence-corrected chi connectivity index (χ3v) is 4.32. The Balaban J connectivity index is 1.70.